The van der Waals surface area contributed by atoms with Crippen molar-refractivity contribution >= 4 is 58.5 Å². The quantitative estimate of drug-likeness (QED) is 0.237. The molecule has 0 aliphatic heterocycles. The van der Waals surface area contributed by atoms with Gasteiger partial charge in [0.05, 0.1) is 29.7 Å². The van der Waals surface area contributed by atoms with Crippen molar-refractivity contribution in [1.82, 2.24) is 5.43 Å². The third kappa shape index (κ3) is 7.73. The first-order valence-electron chi connectivity index (χ1n) is 10.1. The number of hydrogen-bond acceptors (Lipinski definition) is 6. The number of amides is 3. The van der Waals surface area contributed by atoms with Crippen molar-refractivity contribution in [2.24, 2.45) is 5.10 Å². The SMILES string of the molecule is COc1ccc(Cl)cc1NC(=O)C(=O)N/N=C\c1ccc(OCC(=O)Nc2ccccc2Cl)cc1. The number of methoxy groups -OCH3 is 1. The van der Waals surface area contributed by atoms with Crippen LogP contribution in [0.5, 0.6) is 11.5 Å². The summed E-state index contributed by atoms with van der Waals surface area (Å²) >= 11 is 11.9. The zero-order valence-corrected chi connectivity index (χ0v) is 19.9. The molecule has 3 aromatic carbocycles. The lowest BCUT2D eigenvalue weighted by atomic mass is 10.2. The largest absolute Gasteiger partial charge is 0.495 e. The molecule has 180 valence electrons. The van der Waals surface area contributed by atoms with E-state index in [1.54, 1.807) is 60.7 Å². The molecule has 0 radical (unpaired) electrons. The van der Waals surface area contributed by atoms with Crippen LogP contribution in [0.1, 0.15) is 5.56 Å². The van der Waals surface area contributed by atoms with Crippen LogP contribution in [0.3, 0.4) is 0 Å². The Kier molecular flexibility index (Phi) is 9.05. The third-order valence-electron chi connectivity index (χ3n) is 4.39. The van der Waals surface area contributed by atoms with Crippen molar-refractivity contribution in [2.75, 3.05) is 24.4 Å². The first kappa shape index (κ1) is 25.5. The Morgan fingerprint density at radius 3 is 2.37 bits per heavy atom. The van der Waals surface area contributed by atoms with Crippen molar-refractivity contribution < 1.29 is 23.9 Å². The Labute approximate surface area is 211 Å². The number of benzene rings is 3. The lowest BCUT2D eigenvalue weighted by Gasteiger charge is -2.09. The maximum atomic E-state index is 12.1. The summed E-state index contributed by atoms with van der Waals surface area (Å²) in [5.41, 5.74) is 3.50. The first-order chi connectivity index (χ1) is 16.9. The van der Waals surface area contributed by atoms with Gasteiger partial charge in [-0.2, -0.15) is 5.10 Å². The summed E-state index contributed by atoms with van der Waals surface area (Å²) in [6.07, 6.45) is 1.35. The van der Waals surface area contributed by atoms with Crippen LogP contribution in [0.15, 0.2) is 71.8 Å². The molecule has 35 heavy (non-hydrogen) atoms. The fourth-order valence-corrected chi connectivity index (χ4v) is 3.08. The first-order valence-corrected chi connectivity index (χ1v) is 10.9. The minimum atomic E-state index is -0.979. The van der Waals surface area contributed by atoms with Gasteiger partial charge in [0, 0.05) is 5.02 Å². The van der Waals surface area contributed by atoms with Gasteiger partial charge in [-0.05, 0) is 60.2 Å². The lowest BCUT2D eigenvalue weighted by Crippen LogP contribution is -2.32. The van der Waals surface area contributed by atoms with Crippen molar-refractivity contribution in [3.05, 3.63) is 82.3 Å². The van der Waals surface area contributed by atoms with Crippen LogP contribution in [0.2, 0.25) is 10.0 Å². The van der Waals surface area contributed by atoms with Crippen molar-refractivity contribution in [1.29, 1.82) is 0 Å². The molecule has 0 aliphatic carbocycles. The van der Waals surface area contributed by atoms with Gasteiger partial charge in [0.2, 0.25) is 0 Å². The van der Waals surface area contributed by atoms with E-state index >= 15 is 0 Å². The van der Waals surface area contributed by atoms with Crippen LogP contribution in [0.4, 0.5) is 11.4 Å². The predicted octanol–water partition coefficient (Wildman–Crippen LogP) is 4.11. The van der Waals surface area contributed by atoms with Crippen LogP contribution in [-0.4, -0.2) is 37.7 Å². The van der Waals surface area contributed by atoms with Crippen LogP contribution in [0.25, 0.3) is 0 Å². The smallest absolute Gasteiger partial charge is 0.329 e. The average Bonchev–Trinajstić information content (AvgIpc) is 2.85. The van der Waals surface area contributed by atoms with E-state index in [0.717, 1.165) is 0 Å². The van der Waals surface area contributed by atoms with Gasteiger partial charge in [0.25, 0.3) is 5.91 Å². The van der Waals surface area contributed by atoms with Gasteiger partial charge in [-0.3, -0.25) is 14.4 Å². The molecule has 3 rings (SSSR count). The lowest BCUT2D eigenvalue weighted by molar-refractivity contribution is -0.136. The molecule has 0 saturated heterocycles. The van der Waals surface area contributed by atoms with Crippen molar-refractivity contribution in [3.63, 3.8) is 0 Å². The number of carbonyl (C=O) groups is 3. The number of halogens is 2. The van der Waals surface area contributed by atoms with E-state index in [1.807, 2.05) is 0 Å². The maximum absolute atomic E-state index is 12.1. The molecule has 0 atom stereocenters. The number of para-hydroxylation sites is 1. The van der Waals surface area contributed by atoms with Gasteiger partial charge in [-0.15, -0.1) is 0 Å². The molecule has 3 N–H and O–H groups in total. The monoisotopic (exact) mass is 514 g/mol. The number of rotatable bonds is 8. The van der Waals surface area contributed by atoms with Gasteiger partial charge >= 0.3 is 11.8 Å². The Morgan fingerprint density at radius 1 is 0.914 bits per heavy atom. The van der Waals surface area contributed by atoms with E-state index < -0.39 is 11.8 Å². The zero-order valence-electron chi connectivity index (χ0n) is 18.4. The number of nitrogens with one attached hydrogen (secondary N) is 3. The fraction of sp³-hybridized carbons (Fsp3) is 0.0833. The van der Waals surface area contributed by atoms with E-state index in [1.165, 1.54) is 19.4 Å². The molecule has 3 aromatic rings. The molecule has 0 spiro atoms. The topological polar surface area (TPSA) is 118 Å². The second kappa shape index (κ2) is 12.4. The van der Waals surface area contributed by atoms with Gasteiger partial charge in [0.15, 0.2) is 6.61 Å². The molecule has 9 nitrogen and oxygen atoms in total. The molecule has 3 amide bonds. The summed E-state index contributed by atoms with van der Waals surface area (Å²) in [7, 11) is 1.43. The highest BCUT2D eigenvalue weighted by Gasteiger charge is 2.15. The van der Waals surface area contributed by atoms with Gasteiger partial charge < -0.3 is 20.1 Å². The minimum Gasteiger partial charge on any atom is -0.495 e. The normalized spacial score (nSPS) is 10.5. The van der Waals surface area contributed by atoms with E-state index in [0.29, 0.717) is 32.8 Å². The van der Waals surface area contributed by atoms with Crippen molar-refractivity contribution in [3.8, 4) is 11.5 Å². The summed E-state index contributed by atoms with van der Waals surface area (Å²) in [5.74, 6) is -1.48. The molecule has 0 unspecified atom stereocenters. The molecule has 0 aromatic heterocycles. The second-order valence-corrected chi connectivity index (χ2v) is 7.73. The molecule has 0 aliphatic rings. The summed E-state index contributed by atoms with van der Waals surface area (Å²) in [4.78, 5) is 36.1. The average molecular weight is 515 g/mol. The van der Waals surface area contributed by atoms with E-state index in [-0.39, 0.29) is 18.2 Å². The number of nitrogens with zero attached hydrogens (tertiary/aromatic N) is 1. The Morgan fingerprint density at radius 2 is 1.66 bits per heavy atom. The summed E-state index contributed by atoms with van der Waals surface area (Å²) in [5, 5.41) is 9.63. The number of anilines is 2. The third-order valence-corrected chi connectivity index (χ3v) is 4.96. The second-order valence-electron chi connectivity index (χ2n) is 6.88. The number of carbonyl (C=O) groups excluding carboxylic acids is 3. The van der Waals surface area contributed by atoms with Crippen LogP contribution in [0, 0.1) is 0 Å². The predicted molar refractivity (Wildman–Crippen MR) is 134 cm³/mol. The van der Waals surface area contributed by atoms with Crippen molar-refractivity contribution in [2.45, 2.75) is 0 Å². The molecule has 0 fully saturated rings. The number of hydrazone groups is 1. The zero-order chi connectivity index (χ0) is 25.2. The highest BCUT2D eigenvalue weighted by atomic mass is 35.5. The summed E-state index contributed by atoms with van der Waals surface area (Å²) < 4.78 is 10.6. The highest BCUT2D eigenvalue weighted by Crippen LogP contribution is 2.27. The Balaban J connectivity index is 1.46. The molecule has 0 heterocycles. The van der Waals surface area contributed by atoms with Gasteiger partial charge in [-0.1, -0.05) is 35.3 Å². The van der Waals surface area contributed by atoms with E-state index in [9.17, 15) is 14.4 Å². The molecule has 11 heteroatoms. The fourth-order valence-electron chi connectivity index (χ4n) is 2.72. The van der Waals surface area contributed by atoms with Crippen LogP contribution in [-0.2, 0) is 14.4 Å². The summed E-state index contributed by atoms with van der Waals surface area (Å²) in [6, 6.07) is 18.1. The Hall–Kier alpha value is -4.08. The minimum absolute atomic E-state index is 0.207. The molecular formula is C24H20Cl2N4O5. The number of ether oxygens (including phenoxy) is 2. The standard InChI is InChI=1S/C24H20Cl2N4O5/c1-34-21-11-8-16(25)12-20(21)29-23(32)24(33)30-27-13-15-6-9-17(10-7-15)35-14-22(31)28-19-5-3-2-4-18(19)26/h2-13H,14H2,1H3,(H,28,31)(H,29,32)(H,30,33)/b27-13-. The summed E-state index contributed by atoms with van der Waals surface area (Å²) in [6.45, 7) is -0.207. The van der Waals surface area contributed by atoms with E-state index in [4.69, 9.17) is 32.7 Å². The maximum Gasteiger partial charge on any atom is 0.329 e. The van der Waals surface area contributed by atoms with Gasteiger partial charge in [0.1, 0.15) is 11.5 Å². The Bertz CT molecular complexity index is 1250. The highest BCUT2D eigenvalue weighted by molar-refractivity contribution is 6.40. The molecule has 0 bridgehead atoms. The van der Waals surface area contributed by atoms with E-state index in [2.05, 4.69) is 21.2 Å². The van der Waals surface area contributed by atoms with Gasteiger partial charge in [-0.25, -0.2) is 5.43 Å². The van der Waals surface area contributed by atoms with Crippen LogP contribution < -0.4 is 25.5 Å². The molecular weight excluding hydrogens is 495 g/mol. The molecule has 0 saturated carbocycles. The van der Waals surface area contributed by atoms with Crippen LogP contribution >= 0.6 is 23.2 Å². The number of hydrogen-bond donors (Lipinski definition) is 3.